The molecule has 0 unspecified atom stereocenters. The SMILES string of the molecule is [Li+].[Li+].[Li+].[Li+].[Li+].[S-]c1c([S-])c([S-])c(S)c([S-])c1[S-]. The van der Waals surface area contributed by atoms with Crippen molar-refractivity contribution in [3.05, 3.63) is 0 Å². The van der Waals surface area contributed by atoms with Crippen LogP contribution < -0.4 is 94.3 Å². The summed E-state index contributed by atoms with van der Waals surface area (Å²) in [6.45, 7) is 0. The van der Waals surface area contributed by atoms with Crippen LogP contribution in [0.15, 0.2) is 29.4 Å². The molecule has 0 spiro atoms. The van der Waals surface area contributed by atoms with Crippen molar-refractivity contribution in [1.29, 1.82) is 0 Å². The normalized spacial score (nSPS) is 7.12. The summed E-state index contributed by atoms with van der Waals surface area (Å²) in [5, 5.41) is 0. The Morgan fingerprint density at radius 1 is 0.471 bits per heavy atom. The zero-order valence-corrected chi connectivity index (χ0v) is 15.5. The van der Waals surface area contributed by atoms with Gasteiger partial charge in [-0.05, 0) is 4.90 Å². The van der Waals surface area contributed by atoms with Gasteiger partial charge in [0.1, 0.15) is 0 Å². The molecule has 0 atom stereocenters. The first-order valence-electron chi connectivity index (χ1n) is 2.74. The van der Waals surface area contributed by atoms with Gasteiger partial charge in [-0.3, -0.25) is 0 Å². The molecule has 17 heavy (non-hydrogen) atoms. The molecular weight excluding hydrogens is 299 g/mol. The van der Waals surface area contributed by atoms with Crippen LogP contribution in [0, 0.1) is 0 Å². The van der Waals surface area contributed by atoms with Crippen molar-refractivity contribution in [2.24, 2.45) is 0 Å². The second-order valence-electron chi connectivity index (χ2n) is 1.99. The summed E-state index contributed by atoms with van der Waals surface area (Å²) in [5.41, 5.74) is 0. The van der Waals surface area contributed by atoms with Gasteiger partial charge in [-0.15, -0.1) is 12.6 Å². The van der Waals surface area contributed by atoms with Crippen LogP contribution in [0.4, 0.5) is 0 Å². The van der Waals surface area contributed by atoms with Crippen molar-refractivity contribution in [2.75, 3.05) is 0 Å². The van der Waals surface area contributed by atoms with Gasteiger partial charge in [0.2, 0.25) is 0 Å². The molecule has 0 amide bonds. The standard InChI is InChI=1S/C6H6S6.5Li/c7-1-2(8)4(10)6(12)5(11)3(1)9;;;;;/h7-12H;;;;;/q;5*+1/p-5. The van der Waals surface area contributed by atoms with E-state index >= 15 is 0 Å². The quantitative estimate of drug-likeness (QED) is 0.286. The van der Waals surface area contributed by atoms with Crippen molar-refractivity contribution in [1.82, 2.24) is 0 Å². The van der Waals surface area contributed by atoms with E-state index in [1.165, 1.54) is 0 Å². The van der Waals surface area contributed by atoms with E-state index in [4.69, 9.17) is 63.1 Å². The molecular formula is C6HLi5S6. The van der Waals surface area contributed by atoms with Crippen LogP contribution in [0.5, 0.6) is 0 Å². The minimum Gasteiger partial charge on any atom is -0.783 e. The Labute approximate surface area is 196 Å². The van der Waals surface area contributed by atoms with Gasteiger partial charge < -0.3 is 63.1 Å². The molecule has 0 aliphatic heterocycles. The van der Waals surface area contributed by atoms with Crippen LogP contribution in [-0.2, 0) is 63.1 Å². The Kier molecular flexibility index (Phi) is 27.9. The molecule has 0 N–H and O–H groups in total. The fraction of sp³-hybridized carbons (Fsp3) is 0. The maximum absolute atomic E-state index is 4.97. The van der Waals surface area contributed by atoms with Crippen molar-refractivity contribution < 1.29 is 94.3 Å². The van der Waals surface area contributed by atoms with E-state index in [0.29, 0.717) is 29.4 Å². The van der Waals surface area contributed by atoms with Gasteiger partial charge >= 0.3 is 94.3 Å². The third-order valence-electron chi connectivity index (χ3n) is 1.26. The van der Waals surface area contributed by atoms with Gasteiger partial charge in [0.05, 0.1) is 0 Å². The largest absolute Gasteiger partial charge is 1.00 e. The number of hydrogen-bond donors (Lipinski definition) is 1. The Hall–Kier alpha value is 3.66. The molecule has 0 aliphatic rings. The molecule has 0 nitrogen and oxygen atoms in total. The summed E-state index contributed by atoms with van der Waals surface area (Å²) in [6, 6.07) is 0. The molecule has 0 radical (unpaired) electrons. The Morgan fingerprint density at radius 2 is 0.647 bits per heavy atom. The van der Waals surface area contributed by atoms with Crippen molar-refractivity contribution in [3.8, 4) is 0 Å². The van der Waals surface area contributed by atoms with Gasteiger partial charge in [-0.25, -0.2) is 14.7 Å². The topological polar surface area (TPSA) is 0 Å². The minimum absolute atomic E-state index is 0. The fourth-order valence-corrected chi connectivity index (χ4v) is 2.28. The summed E-state index contributed by atoms with van der Waals surface area (Å²) >= 11 is 28.9. The van der Waals surface area contributed by atoms with Gasteiger partial charge in [-0.1, -0.05) is 0 Å². The third-order valence-corrected chi connectivity index (χ3v) is 4.56. The second-order valence-corrected chi connectivity index (χ2v) is 4.48. The third kappa shape index (κ3) is 8.01. The van der Waals surface area contributed by atoms with Gasteiger partial charge in [0.15, 0.2) is 0 Å². The second kappa shape index (κ2) is 14.6. The first-order valence-corrected chi connectivity index (χ1v) is 5.23. The predicted octanol–water partition coefficient (Wildman–Crippen LogP) is -13.5. The molecule has 0 aromatic heterocycles. The Bertz CT molecular complexity index is 241. The van der Waals surface area contributed by atoms with Gasteiger partial charge in [0.25, 0.3) is 0 Å². The molecule has 0 bridgehead atoms. The smallest absolute Gasteiger partial charge is 0.783 e. The van der Waals surface area contributed by atoms with E-state index in [9.17, 15) is 0 Å². The molecule has 0 saturated heterocycles. The van der Waals surface area contributed by atoms with E-state index in [2.05, 4.69) is 12.6 Å². The first kappa shape index (κ1) is 32.6. The fourth-order valence-electron chi connectivity index (χ4n) is 0.628. The average molecular weight is 300 g/mol. The molecule has 1 aromatic rings. The number of rotatable bonds is 0. The zero-order valence-electron chi connectivity index (χ0n) is 10.5. The number of hydrogen-bond acceptors (Lipinski definition) is 6. The van der Waals surface area contributed by atoms with Crippen molar-refractivity contribution in [2.45, 2.75) is 29.4 Å². The zero-order chi connectivity index (χ0) is 9.46. The van der Waals surface area contributed by atoms with E-state index in [1.54, 1.807) is 0 Å². The van der Waals surface area contributed by atoms with Crippen molar-refractivity contribution >= 4 is 75.8 Å². The molecule has 1 rings (SSSR count). The number of thiol groups is 1. The van der Waals surface area contributed by atoms with E-state index < -0.39 is 0 Å². The van der Waals surface area contributed by atoms with Crippen LogP contribution in [0.2, 0.25) is 0 Å². The maximum atomic E-state index is 4.97. The number of benzene rings is 1. The summed E-state index contributed by atoms with van der Waals surface area (Å²) < 4.78 is 0. The predicted molar refractivity (Wildman–Crippen MR) is 61.8 cm³/mol. The molecule has 0 aliphatic carbocycles. The maximum Gasteiger partial charge on any atom is 1.00 e. The summed E-state index contributed by atoms with van der Waals surface area (Å²) in [4.78, 5) is 2.64. The van der Waals surface area contributed by atoms with Crippen LogP contribution >= 0.6 is 12.6 Å². The molecule has 0 heterocycles. The molecule has 0 fully saturated rings. The molecule has 66 valence electrons. The average Bonchev–Trinajstić information content (AvgIpc) is 2.08. The monoisotopic (exact) mass is 300 g/mol. The Morgan fingerprint density at radius 3 is 0.882 bits per heavy atom. The van der Waals surface area contributed by atoms with E-state index in [0.717, 1.165) is 0 Å². The van der Waals surface area contributed by atoms with Crippen LogP contribution in [-0.4, -0.2) is 0 Å². The minimum atomic E-state index is 0. The van der Waals surface area contributed by atoms with Gasteiger partial charge in [-0.2, -0.15) is 9.79 Å². The summed E-state index contributed by atoms with van der Waals surface area (Å²) in [6.07, 6.45) is 0. The van der Waals surface area contributed by atoms with Crippen LogP contribution in [0.25, 0.3) is 0 Å². The van der Waals surface area contributed by atoms with E-state index in [-0.39, 0.29) is 94.3 Å². The molecule has 11 heteroatoms. The molecule has 0 saturated carbocycles. The Balaban J connectivity index is -0.0000000960. The molecule has 1 aromatic carbocycles. The summed E-state index contributed by atoms with van der Waals surface area (Å²) in [5.74, 6) is 0. The van der Waals surface area contributed by atoms with Crippen LogP contribution in [0.3, 0.4) is 0 Å². The van der Waals surface area contributed by atoms with Crippen LogP contribution in [0.1, 0.15) is 0 Å². The summed E-state index contributed by atoms with van der Waals surface area (Å²) in [7, 11) is 0. The van der Waals surface area contributed by atoms with Crippen molar-refractivity contribution in [3.63, 3.8) is 0 Å². The first-order chi connectivity index (χ1) is 5.46. The van der Waals surface area contributed by atoms with Gasteiger partial charge in [0, 0.05) is 0 Å². The van der Waals surface area contributed by atoms with E-state index in [1.807, 2.05) is 0 Å².